The minimum absolute atomic E-state index is 0.0446. The molecule has 4 aliphatic rings. The molecule has 356 valence electrons. The Morgan fingerprint density at radius 1 is 0.825 bits per heavy atom. The SMILES string of the molecule is CO[C@H]1C[C@@H]2CC[C@@H](C)[C@@](O)(O2)C(=O)C(=O)N2CCCC[C@H]2C(=O)O[C@H]([C@H](C)C[C@H]2CC[C@@H](O)[C@H](C)C2)CC[C@H](C)/C=C(\C)[C@@H](O)[C@@H](OC)C(=O)[C@H](C)C[C@H](C)/C=C/C=C/C=C/1C. The quantitative estimate of drug-likeness (QED) is 0.141. The van der Waals surface area contributed by atoms with Crippen molar-refractivity contribution in [2.24, 2.45) is 41.4 Å². The van der Waals surface area contributed by atoms with Crippen molar-refractivity contribution >= 4 is 23.4 Å². The Labute approximate surface area is 377 Å². The van der Waals surface area contributed by atoms with E-state index < -0.39 is 59.8 Å². The molecule has 12 nitrogen and oxygen atoms in total. The predicted molar refractivity (Wildman–Crippen MR) is 243 cm³/mol. The lowest BCUT2D eigenvalue weighted by molar-refractivity contribution is -0.265. The first kappa shape index (κ1) is 52.6. The monoisotopic (exact) mass is 884 g/mol. The fraction of sp³-hybridized carbons (Fsp3) is 0.765. The highest BCUT2D eigenvalue weighted by Crippen LogP contribution is 2.38. The van der Waals surface area contributed by atoms with Gasteiger partial charge in [-0.25, -0.2) is 4.79 Å². The fourth-order valence-electron chi connectivity index (χ4n) is 10.3. The van der Waals surface area contributed by atoms with Crippen LogP contribution in [0.1, 0.15) is 139 Å². The highest BCUT2D eigenvalue weighted by Gasteiger charge is 2.53. The summed E-state index contributed by atoms with van der Waals surface area (Å²) in [5.74, 6) is -5.62. The van der Waals surface area contributed by atoms with Crippen LogP contribution in [0.25, 0.3) is 0 Å². The second kappa shape index (κ2) is 24.5. The van der Waals surface area contributed by atoms with Gasteiger partial charge in [0, 0.05) is 39.0 Å². The van der Waals surface area contributed by atoms with E-state index in [1.165, 1.54) is 12.0 Å². The summed E-state index contributed by atoms with van der Waals surface area (Å²) < 4.78 is 24.1. The van der Waals surface area contributed by atoms with E-state index >= 15 is 0 Å². The summed E-state index contributed by atoms with van der Waals surface area (Å²) >= 11 is 0. The van der Waals surface area contributed by atoms with Gasteiger partial charge < -0.3 is 39.2 Å². The molecule has 3 aliphatic heterocycles. The zero-order chi connectivity index (χ0) is 46.6. The Hall–Kier alpha value is -3.00. The van der Waals surface area contributed by atoms with Gasteiger partial charge in [0.05, 0.1) is 18.3 Å². The van der Waals surface area contributed by atoms with E-state index in [4.69, 9.17) is 18.9 Å². The number of cyclic esters (lactones) is 1. The number of Topliss-reactive ketones (excluding diaryl/α,β-unsaturated/α-hetero) is 2. The van der Waals surface area contributed by atoms with Crippen LogP contribution in [0.2, 0.25) is 0 Å². The maximum atomic E-state index is 14.3. The molecule has 0 spiro atoms. The highest BCUT2D eigenvalue weighted by atomic mass is 16.6. The molecule has 1 saturated carbocycles. The van der Waals surface area contributed by atoms with E-state index in [0.29, 0.717) is 69.3 Å². The predicted octanol–water partition coefficient (Wildman–Crippen LogP) is 7.62. The van der Waals surface area contributed by atoms with Crippen LogP contribution in [-0.2, 0) is 38.1 Å². The van der Waals surface area contributed by atoms with Crippen LogP contribution in [0.4, 0.5) is 0 Å². The Balaban J connectivity index is 1.67. The number of methoxy groups -OCH3 is 2. The van der Waals surface area contributed by atoms with Gasteiger partial charge in [0.1, 0.15) is 24.4 Å². The molecule has 15 atom stereocenters. The number of nitrogens with zero attached hydrogens (tertiary/aromatic N) is 1. The number of carbonyl (C=O) groups excluding carboxylic acids is 4. The van der Waals surface area contributed by atoms with Gasteiger partial charge in [-0.15, -0.1) is 0 Å². The van der Waals surface area contributed by atoms with E-state index in [1.807, 2.05) is 64.2 Å². The minimum Gasteiger partial charge on any atom is -0.461 e. The first-order valence-corrected chi connectivity index (χ1v) is 23.9. The Morgan fingerprint density at radius 3 is 2.24 bits per heavy atom. The third-order valence-electron chi connectivity index (χ3n) is 14.6. The van der Waals surface area contributed by atoms with Crippen LogP contribution < -0.4 is 0 Å². The molecule has 63 heavy (non-hydrogen) atoms. The number of hydrogen-bond acceptors (Lipinski definition) is 11. The highest BCUT2D eigenvalue weighted by molar-refractivity contribution is 6.39. The smallest absolute Gasteiger partial charge is 0.329 e. The zero-order valence-corrected chi connectivity index (χ0v) is 40.0. The van der Waals surface area contributed by atoms with Crippen molar-refractivity contribution in [2.75, 3.05) is 20.8 Å². The van der Waals surface area contributed by atoms with Gasteiger partial charge in [-0.3, -0.25) is 14.4 Å². The van der Waals surface area contributed by atoms with Crippen molar-refractivity contribution < 1.29 is 53.4 Å². The molecule has 0 aromatic heterocycles. The van der Waals surface area contributed by atoms with Crippen molar-refractivity contribution in [3.63, 3.8) is 0 Å². The standard InChI is InChI=1S/C51H81NO11/c1-31-16-12-11-13-17-33(3)44(60-9)30-40-22-20-38(8)51(59,63-40)48(56)49(57)52-25-15-14-18-41(52)50(58)62-43(35(5)29-39-21-23-42(53)34(4)28-39)24-19-32(2)27-37(7)46(55)47(61-10)45(54)36(6)26-31/h11-13,16-17,27,31-32,34-36,38-44,46-47,53,55,59H,14-15,18-26,28-30H2,1-10H3/b13-11+,16-12+,33-17+,37-27+/t31-,32+,34-,35-,36-,38-,39+,40+,41+,42-,43+,44+,46-,47+,51-/m1/s1. The Bertz CT molecular complexity index is 1650. The zero-order valence-electron chi connectivity index (χ0n) is 40.0. The lowest BCUT2D eigenvalue weighted by Crippen LogP contribution is -2.61. The number of aliphatic hydroxyl groups is 3. The number of aliphatic hydroxyl groups excluding tert-OH is 2. The van der Waals surface area contributed by atoms with E-state index in [2.05, 4.69) is 13.8 Å². The van der Waals surface area contributed by atoms with Gasteiger partial charge in [0.2, 0.25) is 5.79 Å². The maximum Gasteiger partial charge on any atom is 0.329 e. The van der Waals surface area contributed by atoms with Crippen molar-refractivity contribution in [3.8, 4) is 0 Å². The third kappa shape index (κ3) is 14.2. The number of ether oxygens (including phenoxy) is 4. The van der Waals surface area contributed by atoms with Gasteiger partial charge in [-0.1, -0.05) is 78.0 Å². The second-order valence-corrected chi connectivity index (χ2v) is 19.9. The summed E-state index contributed by atoms with van der Waals surface area (Å²) in [6, 6.07) is -0.999. The Morgan fingerprint density at radius 2 is 1.56 bits per heavy atom. The fourth-order valence-corrected chi connectivity index (χ4v) is 10.3. The summed E-state index contributed by atoms with van der Waals surface area (Å²) in [6.45, 7) is 15.7. The van der Waals surface area contributed by atoms with Crippen molar-refractivity contribution in [2.45, 2.75) is 187 Å². The first-order chi connectivity index (χ1) is 29.8. The van der Waals surface area contributed by atoms with Crippen LogP contribution in [0.3, 0.4) is 0 Å². The summed E-state index contributed by atoms with van der Waals surface area (Å²) in [5.41, 5.74) is 1.53. The molecule has 3 N–H and O–H groups in total. The average molecular weight is 884 g/mol. The van der Waals surface area contributed by atoms with E-state index in [1.54, 1.807) is 21.0 Å². The van der Waals surface area contributed by atoms with E-state index in [9.17, 15) is 34.5 Å². The molecule has 2 bridgehead atoms. The van der Waals surface area contributed by atoms with Crippen molar-refractivity contribution in [1.82, 2.24) is 4.90 Å². The number of ketones is 2. The molecule has 3 fully saturated rings. The lowest BCUT2D eigenvalue weighted by atomic mass is 9.75. The summed E-state index contributed by atoms with van der Waals surface area (Å²) in [4.78, 5) is 57.7. The molecule has 4 rings (SSSR count). The summed E-state index contributed by atoms with van der Waals surface area (Å²) in [5, 5.41) is 33.8. The second-order valence-electron chi connectivity index (χ2n) is 19.9. The molecule has 0 aromatic rings. The molecule has 12 heteroatoms. The number of piperidine rings is 1. The summed E-state index contributed by atoms with van der Waals surface area (Å²) in [7, 11) is 3.05. The average Bonchev–Trinajstić information content (AvgIpc) is 3.25. The molecule has 2 saturated heterocycles. The number of amides is 1. The minimum atomic E-state index is -2.37. The number of carbonyl (C=O) groups is 4. The molecule has 1 aliphatic carbocycles. The van der Waals surface area contributed by atoms with Crippen molar-refractivity contribution in [1.29, 1.82) is 0 Å². The van der Waals surface area contributed by atoms with Gasteiger partial charge in [0.15, 0.2) is 5.78 Å². The molecular weight excluding hydrogens is 803 g/mol. The van der Waals surface area contributed by atoms with Gasteiger partial charge in [-0.2, -0.15) is 0 Å². The topological polar surface area (TPSA) is 169 Å². The van der Waals surface area contributed by atoms with Crippen molar-refractivity contribution in [3.05, 3.63) is 47.6 Å². The largest absolute Gasteiger partial charge is 0.461 e. The molecule has 1 amide bonds. The molecule has 3 heterocycles. The molecular formula is C51H81NO11. The normalized spacial score (nSPS) is 41.3. The third-order valence-corrected chi connectivity index (χ3v) is 14.6. The van der Waals surface area contributed by atoms with Crippen LogP contribution in [0.5, 0.6) is 0 Å². The summed E-state index contributed by atoms with van der Waals surface area (Å²) in [6.07, 6.45) is 15.7. The van der Waals surface area contributed by atoms with Crippen LogP contribution in [0, 0.1) is 41.4 Å². The number of fused-ring (bicyclic) bond motifs is 3. The van der Waals surface area contributed by atoms with Gasteiger partial charge in [-0.05, 0) is 132 Å². The number of hydrogen-bond donors (Lipinski definition) is 3. The number of esters is 1. The van der Waals surface area contributed by atoms with E-state index in [0.717, 1.165) is 31.3 Å². The maximum absolute atomic E-state index is 14.3. The molecule has 0 unspecified atom stereocenters. The lowest BCUT2D eigenvalue weighted by Gasteiger charge is -2.42. The first-order valence-electron chi connectivity index (χ1n) is 23.9. The molecule has 0 aromatic carbocycles. The van der Waals surface area contributed by atoms with Crippen LogP contribution in [-0.4, -0.2) is 113 Å². The molecule has 0 radical (unpaired) electrons. The Kier molecular flexibility index (Phi) is 20.5. The van der Waals surface area contributed by atoms with Crippen LogP contribution >= 0.6 is 0 Å². The van der Waals surface area contributed by atoms with Crippen LogP contribution in [0.15, 0.2) is 47.6 Å². The van der Waals surface area contributed by atoms with Gasteiger partial charge in [0.25, 0.3) is 11.7 Å². The number of allylic oxidation sites excluding steroid dienone is 6. The number of rotatable bonds is 5. The van der Waals surface area contributed by atoms with Gasteiger partial charge >= 0.3 is 5.97 Å². The van der Waals surface area contributed by atoms with E-state index in [-0.39, 0.29) is 54.1 Å².